The summed E-state index contributed by atoms with van der Waals surface area (Å²) in [5, 5.41) is 5.59. The number of ether oxygens (including phenoxy) is 1. The molecule has 0 fully saturated rings. The standard InChI is InChI=1S/C26H52N3O6P/c1-19(2)14-28-24(30)13-25(31)33-16-23(11-12-27-26(32)21(5)6)17-34-36(9,10)35-18-29(22(7)8)15-20(3)4/h19-23H,9,11-18H2,1-8,10H3,(H,27,32)(H,28,30). The van der Waals surface area contributed by atoms with Crippen molar-refractivity contribution in [1.82, 2.24) is 15.5 Å². The topological polar surface area (TPSA) is 106 Å². The van der Waals surface area contributed by atoms with E-state index in [0.29, 0.717) is 44.1 Å². The minimum atomic E-state index is -2.37. The van der Waals surface area contributed by atoms with Crippen LogP contribution in [0, 0.1) is 23.7 Å². The summed E-state index contributed by atoms with van der Waals surface area (Å²) >= 11 is 0. The first kappa shape index (κ1) is 34.6. The van der Waals surface area contributed by atoms with E-state index in [4.69, 9.17) is 13.8 Å². The molecule has 36 heavy (non-hydrogen) atoms. The van der Waals surface area contributed by atoms with Crippen LogP contribution in [0.2, 0.25) is 0 Å². The first-order valence-corrected chi connectivity index (χ1v) is 15.3. The van der Waals surface area contributed by atoms with Gasteiger partial charge in [-0.2, -0.15) is 0 Å². The highest BCUT2D eigenvalue weighted by Gasteiger charge is 2.20. The molecule has 0 bridgehead atoms. The van der Waals surface area contributed by atoms with Gasteiger partial charge in [0.2, 0.25) is 11.8 Å². The minimum absolute atomic E-state index is 0.0368. The molecule has 2 unspecified atom stereocenters. The molecule has 0 radical (unpaired) electrons. The van der Waals surface area contributed by atoms with Gasteiger partial charge < -0.3 is 24.4 Å². The third-order valence-corrected chi connectivity index (χ3v) is 6.64. The zero-order valence-electron chi connectivity index (χ0n) is 24.1. The average Bonchev–Trinajstić information content (AvgIpc) is 2.76. The first-order chi connectivity index (χ1) is 16.6. The molecule has 0 spiro atoms. The van der Waals surface area contributed by atoms with Crippen LogP contribution in [0.15, 0.2) is 0 Å². The lowest BCUT2D eigenvalue weighted by atomic mass is 10.1. The summed E-state index contributed by atoms with van der Waals surface area (Å²) in [7, 11) is -2.37. The Bertz CT molecular complexity index is 712. The van der Waals surface area contributed by atoms with Crippen molar-refractivity contribution in [2.24, 2.45) is 23.7 Å². The van der Waals surface area contributed by atoms with Gasteiger partial charge in [-0.15, -0.1) is 0 Å². The van der Waals surface area contributed by atoms with Crippen molar-refractivity contribution in [3.63, 3.8) is 0 Å². The Labute approximate surface area is 219 Å². The van der Waals surface area contributed by atoms with E-state index in [1.54, 1.807) is 0 Å². The molecule has 2 atom stereocenters. The fourth-order valence-electron chi connectivity index (χ4n) is 2.97. The van der Waals surface area contributed by atoms with E-state index in [1.165, 1.54) is 0 Å². The maximum Gasteiger partial charge on any atom is 0.315 e. The zero-order valence-corrected chi connectivity index (χ0v) is 25.0. The number of nitrogens with zero attached hydrogens (tertiary/aromatic N) is 1. The molecule has 0 aromatic rings. The molecule has 0 saturated carbocycles. The van der Waals surface area contributed by atoms with E-state index < -0.39 is 13.3 Å². The Kier molecular flexibility index (Phi) is 17.2. The fraction of sp³-hybridized carbons (Fsp3) is 0.846. The Morgan fingerprint density at radius 3 is 2.08 bits per heavy atom. The number of carbonyl (C=O) groups excluding carboxylic acids is 3. The van der Waals surface area contributed by atoms with Crippen LogP contribution in [0.5, 0.6) is 0 Å². The van der Waals surface area contributed by atoms with Crippen molar-refractivity contribution in [3.05, 3.63) is 0 Å². The van der Waals surface area contributed by atoms with E-state index in [0.717, 1.165) is 6.54 Å². The average molecular weight is 534 g/mol. The summed E-state index contributed by atoms with van der Waals surface area (Å²) in [5.74, 6) is -0.457. The lowest BCUT2D eigenvalue weighted by Gasteiger charge is -2.31. The van der Waals surface area contributed by atoms with E-state index in [-0.39, 0.29) is 43.3 Å². The molecule has 0 aliphatic heterocycles. The van der Waals surface area contributed by atoms with Crippen LogP contribution in [0.1, 0.15) is 68.2 Å². The summed E-state index contributed by atoms with van der Waals surface area (Å²) < 4.78 is 17.5. The molecule has 10 heteroatoms. The van der Waals surface area contributed by atoms with Crippen LogP contribution < -0.4 is 10.6 Å². The van der Waals surface area contributed by atoms with Crippen molar-refractivity contribution in [2.75, 3.05) is 46.2 Å². The highest BCUT2D eigenvalue weighted by Crippen LogP contribution is 2.44. The van der Waals surface area contributed by atoms with Gasteiger partial charge in [0.05, 0.1) is 13.2 Å². The smallest absolute Gasteiger partial charge is 0.315 e. The van der Waals surface area contributed by atoms with Crippen molar-refractivity contribution >= 4 is 31.4 Å². The number of amides is 2. The molecule has 212 valence electrons. The summed E-state index contributed by atoms with van der Waals surface area (Å²) in [5.41, 5.74) is 0. The van der Waals surface area contributed by atoms with Crippen LogP contribution in [-0.4, -0.2) is 81.3 Å². The highest BCUT2D eigenvalue weighted by atomic mass is 31.2. The van der Waals surface area contributed by atoms with Gasteiger partial charge in [-0.1, -0.05) is 47.8 Å². The third-order valence-electron chi connectivity index (χ3n) is 5.28. The fourth-order valence-corrected chi connectivity index (χ4v) is 3.96. The van der Waals surface area contributed by atoms with Crippen LogP contribution in [0.25, 0.3) is 0 Å². The molecule has 0 aromatic carbocycles. The number of rotatable bonds is 19. The Morgan fingerprint density at radius 1 is 0.917 bits per heavy atom. The molecular weight excluding hydrogens is 481 g/mol. The number of hydrogen-bond donors (Lipinski definition) is 2. The molecule has 0 heterocycles. The Hall–Kier alpha value is -1.41. The normalized spacial score (nSPS) is 14.4. The van der Waals surface area contributed by atoms with Gasteiger partial charge in [0.1, 0.15) is 20.5 Å². The molecule has 0 saturated heterocycles. The van der Waals surface area contributed by atoms with E-state index in [1.807, 2.05) is 34.4 Å². The molecule has 2 amide bonds. The third kappa shape index (κ3) is 17.9. The summed E-state index contributed by atoms with van der Waals surface area (Å²) in [6.07, 6.45) is 4.39. The molecule has 0 aliphatic carbocycles. The van der Waals surface area contributed by atoms with Gasteiger partial charge in [0, 0.05) is 44.2 Å². The lowest BCUT2D eigenvalue weighted by molar-refractivity contribution is -0.148. The monoisotopic (exact) mass is 533 g/mol. The number of esters is 1. The summed E-state index contributed by atoms with van der Waals surface area (Å²) in [4.78, 5) is 38.2. The first-order valence-electron chi connectivity index (χ1n) is 13.1. The summed E-state index contributed by atoms with van der Waals surface area (Å²) in [6.45, 7) is 20.7. The van der Waals surface area contributed by atoms with Crippen molar-refractivity contribution < 1.29 is 28.2 Å². The highest BCUT2D eigenvalue weighted by molar-refractivity contribution is 7.63. The quantitative estimate of drug-likeness (QED) is 0.113. The van der Waals surface area contributed by atoms with E-state index >= 15 is 0 Å². The maximum absolute atomic E-state index is 12.2. The largest absolute Gasteiger partial charge is 0.465 e. The molecular formula is C26H52N3O6P. The molecule has 9 nitrogen and oxygen atoms in total. The second kappa shape index (κ2) is 17.9. The Balaban J connectivity index is 4.91. The van der Waals surface area contributed by atoms with E-state index in [9.17, 15) is 14.4 Å². The predicted molar refractivity (Wildman–Crippen MR) is 148 cm³/mol. The minimum Gasteiger partial charge on any atom is -0.465 e. The second-order valence-electron chi connectivity index (χ2n) is 11.0. The predicted octanol–water partition coefficient (Wildman–Crippen LogP) is 3.74. The van der Waals surface area contributed by atoms with Crippen LogP contribution in [-0.2, 0) is 28.2 Å². The number of hydrogen-bond acceptors (Lipinski definition) is 7. The van der Waals surface area contributed by atoms with Crippen LogP contribution in [0.4, 0.5) is 0 Å². The Morgan fingerprint density at radius 2 is 1.56 bits per heavy atom. The molecule has 0 aromatic heterocycles. The molecule has 0 rings (SSSR count). The van der Waals surface area contributed by atoms with Crippen molar-refractivity contribution in [1.29, 1.82) is 0 Å². The number of carbonyl (C=O) groups is 3. The SMILES string of the molecule is C=P(C)(OCC(CCNC(=O)C(C)C)COC(=O)CC(=O)NCC(C)C)OCN(CC(C)C)C(C)C. The number of nitrogens with one attached hydrogen (secondary N) is 2. The summed E-state index contributed by atoms with van der Waals surface area (Å²) in [6, 6.07) is 0.335. The van der Waals surface area contributed by atoms with Crippen LogP contribution in [0.3, 0.4) is 0 Å². The molecule has 2 N–H and O–H groups in total. The second-order valence-corrected chi connectivity index (χ2v) is 13.5. The van der Waals surface area contributed by atoms with Gasteiger partial charge in [-0.25, -0.2) is 0 Å². The van der Waals surface area contributed by atoms with Crippen molar-refractivity contribution in [2.45, 2.75) is 74.3 Å². The van der Waals surface area contributed by atoms with Crippen LogP contribution >= 0.6 is 7.34 Å². The van der Waals surface area contributed by atoms with Crippen molar-refractivity contribution in [3.8, 4) is 0 Å². The molecule has 0 aliphatic rings. The van der Waals surface area contributed by atoms with Gasteiger partial charge >= 0.3 is 5.97 Å². The van der Waals surface area contributed by atoms with E-state index in [2.05, 4.69) is 49.5 Å². The zero-order chi connectivity index (χ0) is 27.9. The van der Waals surface area contributed by atoms with Gasteiger partial charge in [0.25, 0.3) is 0 Å². The van der Waals surface area contributed by atoms with Gasteiger partial charge in [0.15, 0.2) is 0 Å². The maximum atomic E-state index is 12.2. The van der Waals surface area contributed by atoms with Gasteiger partial charge in [-0.3, -0.25) is 19.3 Å². The lowest BCUT2D eigenvalue weighted by Crippen LogP contribution is -2.36. The van der Waals surface area contributed by atoms with Gasteiger partial charge in [-0.05, 0) is 32.1 Å².